The lowest BCUT2D eigenvalue weighted by Crippen LogP contribution is -2.31. The van der Waals surface area contributed by atoms with Crippen molar-refractivity contribution in [3.63, 3.8) is 0 Å². The number of hydrogen-bond donors (Lipinski definition) is 0. The molecule has 1 aromatic rings. The average Bonchev–Trinajstić information content (AvgIpc) is 2.48. The Bertz CT molecular complexity index is 498. The second kappa shape index (κ2) is 6.26. The number of hydrogen-bond acceptors (Lipinski definition) is 2. The smallest absolute Gasteiger partial charge is 0.131 e. The Morgan fingerprint density at radius 1 is 1.40 bits per heavy atom. The predicted molar refractivity (Wildman–Crippen MR) is 77.1 cm³/mol. The van der Waals surface area contributed by atoms with Crippen molar-refractivity contribution in [2.24, 2.45) is 5.92 Å². The Balaban J connectivity index is 2.23. The van der Waals surface area contributed by atoms with Crippen LogP contribution in [-0.4, -0.2) is 7.11 Å². The summed E-state index contributed by atoms with van der Waals surface area (Å²) in [5.74, 6) is 0.877. The first-order chi connectivity index (χ1) is 9.65. The van der Waals surface area contributed by atoms with Gasteiger partial charge in [0, 0.05) is 11.6 Å². The van der Waals surface area contributed by atoms with Crippen molar-refractivity contribution in [2.75, 3.05) is 7.11 Å². The van der Waals surface area contributed by atoms with Gasteiger partial charge in [0.2, 0.25) is 0 Å². The largest absolute Gasteiger partial charge is 0.497 e. The molecule has 0 saturated heterocycles. The molecule has 0 bridgehead atoms. The van der Waals surface area contributed by atoms with Crippen molar-refractivity contribution < 1.29 is 9.13 Å². The number of rotatable bonds is 4. The lowest BCUT2D eigenvalue weighted by atomic mass is 9.67. The minimum absolute atomic E-state index is 0.320. The van der Waals surface area contributed by atoms with Crippen molar-refractivity contribution >= 4 is 0 Å². The molecule has 0 N–H and O–H groups in total. The predicted octanol–water partition coefficient (Wildman–Crippen LogP) is 4.59. The molecule has 0 unspecified atom stereocenters. The van der Waals surface area contributed by atoms with Gasteiger partial charge in [0.1, 0.15) is 11.6 Å². The zero-order chi connectivity index (χ0) is 14.6. The molecule has 1 aliphatic rings. The fourth-order valence-electron chi connectivity index (χ4n) is 3.32. The maximum absolute atomic E-state index is 14.3. The third-order valence-corrected chi connectivity index (χ3v) is 4.56. The quantitative estimate of drug-likeness (QED) is 0.805. The third-order valence-electron chi connectivity index (χ3n) is 4.56. The standard InChI is InChI=1S/C17H22FNO/c1-3-4-13-7-9-17(12-19,10-8-13)15-6-5-14(20-2)11-16(15)18/h5-6,11,13H,3-4,7-10H2,1-2H3/t13-,17+. The number of nitrogens with zero attached hydrogens (tertiary/aromatic N) is 1. The molecule has 1 aliphatic carbocycles. The average molecular weight is 275 g/mol. The van der Waals surface area contributed by atoms with E-state index in [0.29, 0.717) is 17.2 Å². The molecule has 1 fully saturated rings. The Hall–Kier alpha value is -1.56. The highest BCUT2D eigenvalue weighted by Crippen LogP contribution is 2.43. The van der Waals surface area contributed by atoms with E-state index in [2.05, 4.69) is 13.0 Å². The summed E-state index contributed by atoms with van der Waals surface area (Å²) in [6.45, 7) is 2.19. The molecule has 0 heterocycles. The number of methoxy groups -OCH3 is 1. The molecular formula is C17H22FNO. The van der Waals surface area contributed by atoms with E-state index in [1.54, 1.807) is 12.1 Å². The second-order valence-corrected chi connectivity index (χ2v) is 5.77. The van der Waals surface area contributed by atoms with E-state index in [0.717, 1.165) is 25.7 Å². The van der Waals surface area contributed by atoms with E-state index in [-0.39, 0.29) is 5.82 Å². The number of halogens is 1. The van der Waals surface area contributed by atoms with Crippen LogP contribution < -0.4 is 4.74 Å². The third kappa shape index (κ3) is 2.80. The summed E-state index contributed by atoms with van der Waals surface area (Å²) in [5.41, 5.74) is -0.114. The molecule has 2 rings (SSSR count). The van der Waals surface area contributed by atoms with Crippen molar-refractivity contribution in [1.29, 1.82) is 5.26 Å². The summed E-state index contributed by atoms with van der Waals surface area (Å²) >= 11 is 0. The lowest BCUT2D eigenvalue weighted by Gasteiger charge is -2.35. The highest BCUT2D eigenvalue weighted by molar-refractivity contribution is 5.38. The summed E-state index contributed by atoms with van der Waals surface area (Å²) in [6.07, 6.45) is 5.96. The van der Waals surface area contributed by atoms with Crippen molar-refractivity contribution in [3.05, 3.63) is 29.6 Å². The van der Waals surface area contributed by atoms with Crippen molar-refractivity contribution in [3.8, 4) is 11.8 Å². The van der Waals surface area contributed by atoms with Gasteiger partial charge in [0.15, 0.2) is 0 Å². The lowest BCUT2D eigenvalue weighted by molar-refractivity contribution is 0.260. The summed E-state index contributed by atoms with van der Waals surface area (Å²) in [7, 11) is 1.52. The molecule has 0 radical (unpaired) electrons. The van der Waals surface area contributed by atoms with Crippen LogP contribution in [0.1, 0.15) is 51.0 Å². The molecule has 0 aliphatic heterocycles. The molecular weight excluding hydrogens is 253 g/mol. The summed E-state index contributed by atoms with van der Waals surface area (Å²) in [6, 6.07) is 7.24. The SMILES string of the molecule is CCC[C@H]1CC[C@@](C#N)(c2ccc(OC)cc2F)CC1. The maximum atomic E-state index is 14.3. The summed E-state index contributed by atoms with van der Waals surface area (Å²) in [4.78, 5) is 0. The molecule has 20 heavy (non-hydrogen) atoms. The minimum Gasteiger partial charge on any atom is -0.497 e. The number of ether oxygens (including phenoxy) is 1. The Morgan fingerprint density at radius 3 is 2.60 bits per heavy atom. The van der Waals surface area contributed by atoms with Crippen LogP contribution in [0.2, 0.25) is 0 Å². The van der Waals surface area contributed by atoms with Gasteiger partial charge in [-0.1, -0.05) is 25.8 Å². The van der Waals surface area contributed by atoms with Gasteiger partial charge in [-0.15, -0.1) is 0 Å². The molecule has 0 spiro atoms. The Morgan fingerprint density at radius 2 is 2.10 bits per heavy atom. The van der Waals surface area contributed by atoms with Crippen LogP contribution >= 0.6 is 0 Å². The van der Waals surface area contributed by atoms with E-state index in [4.69, 9.17) is 4.74 Å². The van der Waals surface area contributed by atoms with E-state index in [1.807, 2.05) is 0 Å². The monoisotopic (exact) mass is 275 g/mol. The van der Waals surface area contributed by atoms with Crippen molar-refractivity contribution in [1.82, 2.24) is 0 Å². The van der Waals surface area contributed by atoms with Gasteiger partial charge >= 0.3 is 0 Å². The van der Waals surface area contributed by atoms with E-state index < -0.39 is 5.41 Å². The molecule has 108 valence electrons. The van der Waals surface area contributed by atoms with Gasteiger partial charge in [-0.3, -0.25) is 0 Å². The Kier molecular flexibility index (Phi) is 4.65. The van der Waals surface area contributed by atoms with Crippen LogP contribution in [-0.2, 0) is 5.41 Å². The number of nitriles is 1. The summed E-state index contributed by atoms with van der Waals surface area (Å²) in [5, 5.41) is 9.61. The zero-order valence-corrected chi connectivity index (χ0v) is 12.3. The zero-order valence-electron chi connectivity index (χ0n) is 12.3. The van der Waals surface area contributed by atoms with Gasteiger partial charge in [-0.2, -0.15) is 5.26 Å². The molecule has 0 atom stereocenters. The first-order valence-electron chi connectivity index (χ1n) is 7.40. The van der Waals surface area contributed by atoms with Gasteiger partial charge in [-0.05, 0) is 37.7 Å². The highest BCUT2D eigenvalue weighted by atomic mass is 19.1. The van der Waals surface area contributed by atoms with E-state index in [1.165, 1.54) is 26.0 Å². The maximum Gasteiger partial charge on any atom is 0.131 e. The molecule has 0 aromatic heterocycles. The minimum atomic E-state index is -0.652. The first-order valence-corrected chi connectivity index (χ1v) is 7.40. The fourth-order valence-corrected chi connectivity index (χ4v) is 3.32. The fraction of sp³-hybridized carbons (Fsp3) is 0.588. The molecule has 1 aromatic carbocycles. The molecule has 1 saturated carbocycles. The first kappa shape index (κ1) is 14.8. The molecule has 0 amide bonds. The van der Waals surface area contributed by atoms with Crippen LogP contribution in [0.25, 0.3) is 0 Å². The van der Waals surface area contributed by atoms with Gasteiger partial charge in [0.05, 0.1) is 18.6 Å². The topological polar surface area (TPSA) is 33.0 Å². The van der Waals surface area contributed by atoms with Crippen LogP contribution in [0.3, 0.4) is 0 Å². The van der Waals surface area contributed by atoms with Crippen LogP contribution in [0.5, 0.6) is 5.75 Å². The van der Waals surface area contributed by atoms with Crippen LogP contribution in [0.15, 0.2) is 18.2 Å². The molecule has 2 nitrogen and oxygen atoms in total. The van der Waals surface area contributed by atoms with Gasteiger partial charge in [-0.25, -0.2) is 4.39 Å². The second-order valence-electron chi connectivity index (χ2n) is 5.77. The summed E-state index contributed by atoms with van der Waals surface area (Å²) < 4.78 is 19.3. The molecule has 3 heteroatoms. The van der Waals surface area contributed by atoms with Gasteiger partial charge in [0.25, 0.3) is 0 Å². The van der Waals surface area contributed by atoms with Gasteiger partial charge < -0.3 is 4.74 Å². The van der Waals surface area contributed by atoms with E-state index in [9.17, 15) is 9.65 Å². The van der Waals surface area contributed by atoms with Crippen molar-refractivity contribution in [2.45, 2.75) is 50.9 Å². The highest BCUT2D eigenvalue weighted by Gasteiger charge is 2.38. The van der Waals surface area contributed by atoms with Crippen LogP contribution in [0.4, 0.5) is 4.39 Å². The Labute approximate surface area is 120 Å². The normalized spacial score (nSPS) is 26.0. The van der Waals surface area contributed by atoms with E-state index >= 15 is 0 Å². The number of benzene rings is 1. The van der Waals surface area contributed by atoms with Crippen LogP contribution in [0, 0.1) is 23.1 Å².